The van der Waals surface area contributed by atoms with Crippen molar-refractivity contribution in [3.63, 3.8) is 0 Å². The summed E-state index contributed by atoms with van der Waals surface area (Å²) in [6, 6.07) is 10.9. The van der Waals surface area contributed by atoms with Crippen molar-refractivity contribution < 1.29 is 34.0 Å². The smallest absolute Gasteiger partial charge is 0.303 e. The Bertz CT molecular complexity index is 1410. The molecule has 1 aromatic heterocycles. The number of thiazole rings is 1. The molecule has 0 radical (unpaired) electrons. The van der Waals surface area contributed by atoms with Gasteiger partial charge in [-0.05, 0) is 43.5 Å². The standard InChI is InChI=1S/C31H37ClN2O7S/c1-31(2,18-35)17-34-23-12-11-19(32)15-22(23)28(21-8-6-9-24(39-3)29(21)40-4)41-25(30(34)38)13-14-26-33-16-20(42-26)7-5-10-27(36)37/h6,8-9,11-12,15-16,25,28,35H,5,7,10,13-14,17-18H2,1-4H3,(H,36,37)/t25-,28-/m1/s1. The third-order valence-corrected chi connectivity index (χ3v) is 8.52. The number of carbonyl (C=O) groups excluding carboxylic acids is 1. The van der Waals surface area contributed by atoms with Crippen LogP contribution in [-0.2, 0) is 27.2 Å². The van der Waals surface area contributed by atoms with E-state index >= 15 is 0 Å². The first-order valence-electron chi connectivity index (χ1n) is 13.8. The number of aryl methyl sites for hydroxylation is 2. The second-order valence-corrected chi connectivity index (χ2v) is 12.7. The zero-order valence-electron chi connectivity index (χ0n) is 24.3. The zero-order chi connectivity index (χ0) is 30.4. The first-order chi connectivity index (χ1) is 20.1. The summed E-state index contributed by atoms with van der Waals surface area (Å²) in [6.45, 7) is 3.97. The molecule has 1 amide bonds. The number of halogens is 1. The van der Waals surface area contributed by atoms with Crippen LogP contribution in [0.15, 0.2) is 42.6 Å². The molecule has 0 saturated carbocycles. The van der Waals surface area contributed by atoms with Gasteiger partial charge in [0.05, 0.1) is 19.2 Å². The van der Waals surface area contributed by atoms with Crippen molar-refractivity contribution in [1.29, 1.82) is 0 Å². The van der Waals surface area contributed by atoms with Gasteiger partial charge in [-0.3, -0.25) is 9.59 Å². The normalized spacial score (nSPS) is 17.1. The van der Waals surface area contributed by atoms with E-state index in [2.05, 4.69) is 4.98 Å². The van der Waals surface area contributed by atoms with Gasteiger partial charge < -0.3 is 29.3 Å². The number of hydrogen-bond acceptors (Lipinski definition) is 8. The van der Waals surface area contributed by atoms with E-state index in [-0.39, 0.29) is 25.5 Å². The molecule has 0 saturated heterocycles. The molecule has 3 aromatic rings. The minimum atomic E-state index is -0.842. The molecule has 0 spiro atoms. The number of carboxylic acid groups (broad SMARTS) is 1. The summed E-state index contributed by atoms with van der Waals surface area (Å²) in [5.74, 6) is -0.00660. The summed E-state index contributed by atoms with van der Waals surface area (Å²) < 4.78 is 18.0. The fraction of sp³-hybridized carbons (Fsp3) is 0.452. The molecule has 11 heteroatoms. The SMILES string of the molecule is COc1cccc([C@H]2O[C@H](CCc3ncc(CCCC(=O)O)s3)C(=O)N(CC(C)(C)CO)c3ccc(Cl)cc32)c1OC. The van der Waals surface area contributed by atoms with Gasteiger partial charge in [0.2, 0.25) is 0 Å². The van der Waals surface area contributed by atoms with Gasteiger partial charge in [-0.25, -0.2) is 4.98 Å². The molecule has 1 aliphatic heterocycles. The van der Waals surface area contributed by atoms with E-state index in [1.807, 2.05) is 32.0 Å². The maximum atomic E-state index is 14.2. The lowest BCUT2D eigenvalue weighted by molar-refractivity contribution is -0.137. The Morgan fingerprint density at radius 2 is 1.95 bits per heavy atom. The quantitative estimate of drug-likeness (QED) is 0.251. The fourth-order valence-corrected chi connectivity index (χ4v) is 6.17. The Morgan fingerprint density at radius 1 is 1.17 bits per heavy atom. The van der Waals surface area contributed by atoms with Crippen LogP contribution in [-0.4, -0.2) is 60.5 Å². The molecule has 2 atom stereocenters. The molecule has 9 nitrogen and oxygen atoms in total. The Balaban J connectivity index is 1.72. The molecule has 0 aliphatic carbocycles. The van der Waals surface area contributed by atoms with E-state index in [4.69, 9.17) is 30.9 Å². The van der Waals surface area contributed by atoms with Gasteiger partial charge in [0.25, 0.3) is 5.91 Å². The van der Waals surface area contributed by atoms with Gasteiger partial charge in [0.1, 0.15) is 12.2 Å². The van der Waals surface area contributed by atoms with Gasteiger partial charge in [0.15, 0.2) is 11.5 Å². The van der Waals surface area contributed by atoms with E-state index in [9.17, 15) is 14.7 Å². The van der Waals surface area contributed by atoms with E-state index in [1.165, 1.54) is 11.3 Å². The summed E-state index contributed by atoms with van der Waals surface area (Å²) in [7, 11) is 3.13. The summed E-state index contributed by atoms with van der Waals surface area (Å²) in [4.78, 5) is 32.3. The second kappa shape index (κ2) is 13.9. The summed E-state index contributed by atoms with van der Waals surface area (Å²) in [5.41, 5.74) is 1.47. The molecule has 0 bridgehead atoms. The molecule has 2 N–H and O–H groups in total. The Labute approximate surface area is 255 Å². The first kappa shape index (κ1) is 31.7. The highest BCUT2D eigenvalue weighted by Crippen LogP contribution is 2.45. The maximum Gasteiger partial charge on any atom is 0.303 e. The van der Waals surface area contributed by atoms with Crippen molar-refractivity contribution in [3.05, 3.63) is 68.6 Å². The van der Waals surface area contributed by atoms with Gasteiger partial charge in [-0.1, -0.05) is 37.6 Å². The molecule has 2 aromatic carbocycles. The Hall–Kier alpha value is -3.18. The van der Waals surface area contributed by atoms with Gasteiger partial charge in [-0.15, -0.1) is 11.3 Å². The van der Waals surface area contributed by atoms with E-state index < -0.39 is 23.6 Å². The minimum absolute atomic E-state index is 0.109. The molecule has 226 valence electrons. The van der Waals surface area contributed by atoms with Crippen LogP contribution in [0.3, 0.4) is 0 Å². The number of amides is 1. The largest absolute Gasteiger partial charge is 0.493 e. The number of hydrogen-bond donors (Lipinski definition) is 2. The van der Waals surface area contributed by atoms with E-state index in [1.54, 1.807) is 43.5 Å². The molecule has 0 unspecified atom stereocenters. The van der Waals surface area contributed by atoms with Crippen LogP contribution >= 0.6 is 22.9 Å². The lowest BCUT2D eigenvalue weighted by Gasteiger charge is -2.32. The van der Waals surface area contributed by atoms with Crippen LogP contribution in [0.25, 0.3) is 0 Å². The summed E-state index contributed by atoms with van der Waals surface area (Å²) >= 11 is 8.02. The number of methoxy groups -OCH3 is 2. The van der Waals surface area contributed by atoms with Gasteiger partial charge in [-0.2, -0.15) is 0 Å². The topological polar surface area (TPSA) is 118 Å². The molecular weight excluding hydrogens is 580 g/mol. The number of aromatic nitrogens is 1. The number of aliphatic carboxylic acids is 1. The molecule has 4 rings (SSSR count). The number of carbonyl (C=O) groups is 2. The van der Waals surface area contributed by atoms with Crippen LogP contribution < -0.4 is 14.4 Å². The highest BCUT2D eigenvalue weighted by atomic mass is 35.5. The fourth-order valence-electron chi connectivity index (χ4n) is 5.01. The lowest BCUT2D eigenvalue weighted by atomic mass is 9.92. The number of aliphatic hydroxyl groups excluding tert-OH is 1. The third-order valence-electron chi connectivity index (χ3n) is 7.17. The number of aliphatic hydroxyl groups is 1. The molecule has 0 fully saturated rings. The number of carboxylic acids is 1. The minimum Gasteiger partial charge on any atom is -0.493 e. The van der Waals surface area contributed by atoms with Crippen molar-refractivity contribution in [2.75, 3.05) is 32.3 Å². The third kappa shape index (κ3) is 7.42. The van der Waals surface area contributed by atoms with E-state index in [0.717, 1.165) is 9.88 Å². The molecule has 42 heavy (non-hydrogen) atoms. The zero-order valence-corrected chi connectivity index (χ0v) is 25.8. The number of ether oxygens (including phenoxy) is 3. The number of rotatable bonds is 13. The number of nitrogens with zero attached hydrogens (tertiary/aromatic N) is 2. The van der Waals surface area contributed by atoms with Crippen LogP contribution in [0.2, 0.25) is 5.02 Å². The van der Waals surface area contributed by atoms with Crippen molar-refractivity contribution in [3.8, 4) is 11.5 Å². The van der Waals surface area contributed by atoms with Crippen molar-refractivity contribution >= 4 is 40.5 Å². The molecule has 2 heterocycles. The Kier molecular flexibility index (Phi) is 10.5. The van der Waals surface area contributed by atoms with E-state index in [0.29, 0.717) is 59.0 Å². The first-order valence-corrected chi connectivity index (χ1v) is 15.0. The van der Waals surface area contributed by atoms with Crippen molar-refractivity contribution in [2.45, 2.75) is 58.2 Å². The predicted molar refractivity (Wildman–Crippen MR) is 162 cm³/mol. The van der Waals surface area contributed by atoms with Crippen LogP contribution in [0.1, 0.15) is 60.2 Å². The molecular formula is C31H37ClN2O7S. The highest BCUT2D eigenvalue weighted by molar-refractivity contribution is 7.11. The number of benzene rings is 2. The molecule has 1 aliphatic rings. The summed E-state index contributed by atoms with van der Waals surface area (Å²) in [6.07, 6.45) is 2.38. The van der Waals surface area contributed by atoms with Gasteiger partial charge >= 0.3 is 5.97 Å². The Morgan fingerprint density at radius 3 is 2.64 bits per heavy atom. The van der Waals surface area contributed by atoms with Crippen LogP contribution in [0.5, 0.6) is 11.5 Å². The monoisotopic (exact) mass is 616 g/mol. The maximum absolute atomic E-state index is 14.2. The number of para-hydroxylation sites is 1. The summed E-state index contributed by atoms with van der Waals surface area (Å²) in [5, 5.41) is 20.4. The van der Waals surface area contributed by atoms with Crippen molar-refractivity contribution in [2.24, 2.45) is 5.41 Å². The number of fused-ring (bicyclic) bond motifs is 1. The van der Waals surface area contributed by atoms with Crippen molar-refractivity contribution in [1.82, 2.24) is 4.98 Å². The second-order valence-electron chi connectivity index (χ2n) is 11.0. The average molecular weight is 617 g/mol. The van der Waals surface area contributed by atoms with Crippen LogP contribution in [0, 0.1) is 5.41 Å². The lowest BCUT2D eigenvalue weighted by Crippen LogP contribution is -2.45. The number of anilines is 1. The highest BCUT2D eigenvalue weighted by Gasteiger charge is 2.39. The predicted octanol–water partition coefficient (Wildman–Crippen LogP) is 5.69. The van der Waals surface area contributed by atoms with Crippen LogP contribution in [0.4, 0.5) is 5.69 Å². The average Bonchev–Trinajstić information content (AvgIpc) is 3.39. The van der Waals surface area contributed by atoms with Gasteiger partial charge in [0, 0.05) is 64.3 Å².